The van der Waals surface area contributed by atoms with Gasteiger partial charge in [0.1, 0.15) is 5.76 Å². The highest BCUT2D eigenvalue weighted by atomic mass is 16.3. The summed E-state index contributed by atoms with van der Waals surface area (Å²) in [6.07, 6.45) is 6.99. The molecule has 20 heavy (non-hydrogen) atoms. The van der Waals surface area contributed by atoms with Gasteiger partial charge in [-0.25, -0.2) is 0 Å². The highest BCUT2D eigenvalue weighted by Gasteiger charge is 2.44. The molecule has 0 saturated carbocycles. The number of likely N-dealkylation sites (tertiary alicyclic amines) is 2. The Balaban J connectivity index is 1.74. The molecule has 1 atom stereocenters. The fourth-order valence-corrected chi connectivity index (χ4v) is 4.00. The molecule has 2 aliphatic heterocycles. The van der Waals surface area contributed by atoms with Crippen molar-refractivity contribution in [3.05, 3.63) is 24.2 Å². The van der Waals surface area contributed by atoms with E-state index < -0.39 is 0 Å². The van der Waals surface area contributed by atoms with Gasteiger partial charge in [-0.1, -0.05) is 0 Å². The van der Waals surface area contributed by atoms with Gasteiger partial charge in [0.25, 0.3) is 0 Å². The summed E-state index contributed by atoms with van der Waals surface area (Å²) in [5.74, 6) is 1.37. The van der Waals surface area contributed by atoms with Crippen LogP contribution in [0.5, 0.6) is 0 Å². The molecule has 1 aromatic heterocycles. The lowest BCUT2D eigenvalue weighted by atomic mass is 9.79. The van der Waals surface area contributed by atoms with E-state index in [9.17, 15) is 4.79 Å². The summed E-state index contributed by atoms with van der Waals surface area (Å²) in [6.45, 7) is 5.91. The average Bonchev–Trinajstić information content (AvgIpc) is 2.92. The number of piperidine rings is 2. The van der Waals surface area contributed by atoms with E-state index in [1.54, 1.807) is 6.26 Å². The third kappa shape index (κ3) is 2.49. The van der Waals surface area contributed by atoms with Crippen LogP contribution in [0, 0.1) is 0 Å². The van der Waals surface area contributed by atoms with E-state index in [4.69, 9.17) is 4.42 Å². The predicted octanol–water partition coefficient (Wildman–Crippen LogP) is 2.65. The fraction of sp³-hybridized carbons (Fsp3) is 0.688. The van der Waals surface area contributed by atoms with Crippen molar-refractivity contribution in [2.45, 2.75) is 51.1 Å². The lowest BCUT2D eigenvalue weighted by Crippen LogP contribution is -2.62. The number of carbonyl (C=O) groups excluding carboxylic acids is 1. The minimum absolute atomic E-state index is 0.0783. The Kier molecular flexibility index (Phi) is 3.83. The van der Waals surface area contributed by atoms with Crippen molar-refractivity contribution in [3.8, 4) is 0 Å². The van der Waals surface area contributed by atoms with Crippen LogP contribution in [0.1, 0.15) is 44.8 Å². The average molecular weight is 276 g/mol. The molecule has 2 aliphatic rings. The van der Waals surface area contributed by atoms with Gasteiger partial charge in [-0.15, -0.1) is 0 Å². The first-order chi connectivity index (χ1) is 9.73. The molecule has 3 rings (SSSR count). The molecule has 1 unspecified atom stereocenters. The van der Waals surface area contributed by atoms with E-state index >= 15 is 0 Å². The van der Waals surface area contributed by atoms with Crippen LogP contribution in [0.3, 0.4) is 0 Å². The number of hydrogen-bond acceptors (Lipinski definition) is 3. The zero-order valence-electron chi connectivity index (χ0n) is 12.3. The van der Waals surface area contributed by atoms with Gasteiger partial charge in [-0.3, -0.25) is 9.69 Å². The van der Waals surface area contributed by atoms with Crippen molar-refractivity contribution in [1.29, 1.82) is 0 Å². The van der Waals surface area contributed by atoms with Crippen molar-refractivity contribution in [2.75, 3.05) is 19.6 Å². The fourth-order valence-electron chi connectivity index (χ4n) is 4.00. The number of likely N-dealkylation sites (N-methyl/N-ethyl adjacent to an activating group) is 1. The zero-order valence-corrected chi connectivity index (χ0v) is 12.3. The van der Waals surface area contributed by atoms with Gasteiger partial charge in [-0.05, 0) is 51.3 Å². The van der Waals surface area contributed by atoms with Crippen LogP contribution in [0.25, 0.3) is 0 Å². The Morgan fingerprint density at radius 2 is 2.20 bits per heavy atom. The normalized spacial score (nSPS) is 28.2. The summed E-state index contributed by atoms with van der Waals surface area (Å²) in [5.41, 5.74) is 0.0783. The van der Waals surface area contributed by atoms with Crippen LogP contribution in [0.15, 0.2) is 22.8 Å². The number of nitrogens with zero attached hydrogens (tertiary/aromatic N) is 2. The van der Waals surface area contributed by atoms with Crippen LogP contribution in [-0.4, -0.2) is 40.9 Å². The van der Waals surface area contributed by atoms with Crippen molar-refractivity contribution in [2.24, 2.45) is 0 Å². The predicted molar refractivity (Wildman–Crippen MR) is 77.2 cm³/mol. The Morgan fingerprint density at radius 1 is 1.35 bits per heavy atom. The highest BCUT2D eigenvalue weighted by Crippen LogP contribution is 2.36. The first-order valence-electron chi connectivity index (χ1n) is 7.79. The van der Waals surface area contributed by atoms with Crippen LogP contribution >= 0.6 is 0 Å². The Labute approximate surface area is 120 Å². The third-order valence-corrected chi connectivity index (χ3v) is 4.82. The topological polar surface area (TPSA) is 36.7 Å². The molecule has 4 heteroatoms. The van der Waals surface area contributed by atoms with Gasteiger partial charge < -0.3 is 9.32 Å². The molecule has 0 aliphatic carbocycles. The number of amides is 1. The van der Waals surface area contributed by atoms with Crippen LogP contribution in [-0.2, 0) is 11.3 Å². The molecule has 1 spiro atoms. The van der Waals surface area contributed by atoms with Crippen molar-refractivity contribution >= 4 is 5.91 Å². The van der Waals surface area contributed by atoms with Crippen molar-refractivity contribution < 1.29 is 9.21 Å². The Morgan fingerprint density at radius 3 is 2.95 bits per heavy atom. The SMILES string of the molecule is CCN1C(=O)CCCC12CCCN(Cc1ccco1)C2. The third-order valence-electron chi connectivity index (χ3n) is 4.82. The number of rotatable bonds is 3. The lowest BCUT2D eigenvalue weighted by Gasteiger charge is -2.52. The van der Waals surface area contributed by atoms with Gasteiger partial charge >= 0.3 is 0 Å². The standard InChI is InChI=1S/C16H24N2O2/c1-2-18-15(19)7-3-8-16(18)9-5-10-17(13-16)12-14-6-4-11-20-14/h4,6,11H,2-3,5,7-10,12-13H2,1H3. The van der Waals surface area contributed by atoms with E-state index in [0.717, 1.165) is 57.6 Å². The molecule has 0 bridgehead atoms. The molecule has 0 radical (unpaired) electrons. The maximum atomic E-state index is 12.2. The molecular formula is C16H24N2O2. The number of carbonyl (C=O) groups is 1. The Hall–Kier alpha value is -1.29. The van der Waals surface area contributed by atoms with Gasteiger partial charge in [0.05, 0.1) is 18.3 Å². The highest BCUT2D eigenvalue weighted by molar-refractivity contribution is 5.78. The molecule has 1 amide bonds. The molecule has 1 aromatic rings. The number of furan rings is 1. The molecule has 110 valence electrons. The van der Waals surface area contributed by atoms with Gasteiger partial charge in [0.15, 0.2) is 0 Å². The van der Waals surface area contributed by atoms with E-state index in [1.807, 2.05) is 12.1 Å². The minimum atomic E-state index is 0.0783. The van der Waals surface area contributed by atoms with Gasteiger partial charge in [0.2, 0.25) is 5.91 Å². The van der Waals surface area contributed by atoms with Crippen LogP contribution in [0.2, 0.25) is 0 Å². The van der Waals surface area contributed by atoms with Gasteiger partial charge in [-0.2, -0.15) is 0 Å². The van der Waals surface area contributed by atoms with E-state index in [-0.39, 0.29) is 5.54 Å². The second-order valence-electron chi connectivity index (χ2n) is 6.11. The summed E-state index contributed by atoms with van der Waals surface area (Å²) in [4.78, 5) is 16.8. The first-order valence-corrected chi connectivity index (χ1v) is 7.79. The monoisotopic (exact) mass is 276 g/mol. The quantitative estimate of drug-likeness (QED) is 0.851. The van der Waals surface area contributed by atoms with Crippen LogP contribution in [0.4, 0.5) is 0 Å². The first kappa shape index (κ1) is 13.7. The molecule has 3 heterocycles. The smallest absolute Gasteiger partial charge is 0.223 e. The Bertz CT molecular complexity index is 453. The molecule has 4 nitrogen and oxygen atoms in total. The largest absolute Gasteiger partial charge is 0.468 e. The summed E-state index contributed by atoms with van der Waals surface area (Å²) < 4.78 is 5.46. The summed E-state index contributed by atoms with van der Waals surface area (Å²) in [7, 11) is 0. The molecule has 2 fully saturated rings. The van der Waals surface area contributed by atoms with E-state index in [1.165, 1.54) is 6.42 Å². The van der Waals surface area contributed by atoms with E-state index in [2.05, 4.69) is 16.7 Å². The molecule has 2 saturated heterocycles. The maximum absolute atomic E-state index is 12.2. The zero-order chi connectivity index (χ0) is 14.0. The second kappa shape index (κ2) is 5.60. The summed E-state index contributed by atoms with van der Waals surface area (Å²) >= 11 is 0. The molecular weight excluding hydrogens is 252 g/mol. The second-order valence-corrected chi connectivity index (χ2v) is 6.11. The number of hydrogen-bond donors (Lipinski definition) is 0. The van der Waals surface area contributed by atoms with Crippen molar-refractivity contribution in [3.63, 3.8) is 0 Å². The summed E-state index contributed by atoms with van der Waals surface area (Å²) in [5, 5.41) is 0. The maximum Gasteiger partial charge on any atom is 0.223 e. The van der Waals surface area contributed by atoms with Gasteiger partial charge in [0, 0.05) is 19.5 Å². The minimum Gasteiger partial charge on any atom is -0.468 e. The summed E-state index contributed by atoms with van der Waals surface area (Å²) in [6, 6.07) is 3.97. The van der Waals surface area contributed by atoms with Crippen LogP contribution < -0.4 is 0 Å². The van der Waals surface area contributed by atoms with Crippen molar-refractivity contribution in [1.82, 2.24) is 9.80 Å². The lowest BCUT2D eigenvalue weighted by molar-refractivity contribution is -0.145. The molecule has 0 N–H and O–H groups in total. The van der Waals surface area contributed by atoms with E-state index in [0.29, 0.717) is 5.91 Å². The molecule has 0 aromatic carbocycles.